The van der Waals surface area contributed by atoms with Gasteiger partial charge in [-0.15, -0.1) is 5.10 Å². The minimum Gasteiger partial charge on any atom is -0.476 e. The van der Waals surface area contributed by atoms with Gasteiger partial charge in [-0.1, -0.05) is 36.4 Å². The highest BCUT2D eigenvalue weighted by atomic mass is 32.2. The number of carboxylic acid groups (broad SMARTS) is 1. The third-order valence-electron chi connectivity index (χ3n) is 3.85. The monoisotopic (exact) mass is 372 g/mol. The Morgan fingerprint density at radius 2 is 1.65 bits per heavy atom. The summed E-state index contributed by atoms with van der Waals surface area (Å²) in [6.45, 7) is 0. The zero-order valence-corrected chi connectivity index (χ0v) is 14.9. The number of hydrogen-bond donors (Lipinski definition) is 2. The van der Waals surface area contributed by atoms with Gasteiger partial charge in [0.1, 0.15) is 5.69 Å². The van der Waals surface area contributed by atoms with Gasteiger partial charge in [0.25, 0.3) is 0 Å². The zero-order chi connectivity index (χ0) is 18.9. The quantitative estimate of drug-likeness (QED) is 0.708. The molecule has 0 fully saturated rings. The Morgan fingerprint density at radius 3 is 2.27 bits per heavy atom. The van der Waals surface area contributed by atoms with Gasteiger partial charge in [0.2, 0.25) is 10.0 Å². The van der Waals surface area contributed by atoms with Crippen LogP contribution in [0.3, 0.4) is 0 Å². The van der Waals surface area contributed by atoms with Crippen LogP contribution in [0.1, 0.15) is 10.5 Å². The van der Waals surface area contributed by atoms with Crippen molar-refractivity contribution in [1.82, 2.24) is 19.7 Å². The molecule has 0 amide bonds. The molecule has 0 aliphatic heterocycles. The van der Waals surface area contributed by atoms with Crippen LogP contribution in [-0.2, 0) is 10.0 Å². The second kappa shape index (κ2) is 6.70. The molecule has 3 aromatic rings. The number of H-pyrrole nitrogens is 1. The summed E-state index contributed by atoms with van der Waals surface area (Å²) in [6, 6.07) is 13.6. The Kier molecular flexibility index (Phi) is 4.58. The lowest BCUT2D eigenvalue weighted by atomic mass is 10.0. The van der Waals surface area contributed by atoms with Crippen molar-refractivity contribution in [1.29, 1.82) is 0 Å². The third kappa shape index (κ3) is 3.22. The van der Waals surface area contributed by atoms with Gasteiger partial charge in [-0.05, 0) is 23.3 Å². The predicted octanol–water partition coefficient (Wildman–Crippen LogP) is 2.09. The molecule has 1 aromatic heterocycles. The molecule has 0 atom stereocenters. The average molecular weight is 372 g/mol. The molecule has 0 saturated carbocycles. The van der Waals surface area contributed by atoms with Crippen molar-refractivity contribution in [3.8, 4) is 22.4 Å². The van der Waals surface area contributed by atoms with E-state index < -0.39 is 16.0 Å². The van der Waals surface area contributed by atoms with Gasteiger partial charge in [-0.25, -0.2) is 17.5 Å². The van der Waals surface area contributed by atoms with E-state index in [0.29, 0.717) is 5.56 Å². The molecule has 26 heavy (non-hydrogen) atoms. The van der Waals surface area contributed by atoms with Crippen LogP contribution < -0.4 is 0 Å². The standard InChI is InChI=1S/C17H16N4O4S/c1-21(2)26(24,25)14-5-3-4-13(10-14)11-6-8-12(9-7-11)15-16(17(22)23)19-20-18-15/h3-10H,1-2H3,(H,22,23)(H,18,19,20). The number of benzene rings is 2. The molecular formula is C17H16N4O4S. The summed E-state index contributed by atoms with van der Waals surface area (Å²) in [7, 11) is -0.559. The summed E-state index contributed by atoms with van der Waals surface area (Å²) in [5.41, 5.74) is 2.21. The maximum absolute atomic E-state index is 12.3. The fraction of sp³-hybridized carbons (Fsp3) is 0.118. The van der Waals surface area contributed by atoms with Crippen LogP contribution in [0.5, 0.6) is 0 Å². The van der Waals surface area contributed by atoms with E-state index >= 15 is 0 Å². The molecule has 0 radical (unpaired) electrons. The Hall–Kier alpha value is -3.04. The highest BCUT2D eigenvalue weighted by Gasteiger charge is 2.18. The van der Waals surface area contributed by atoms with Crippen LogP contribution in [0.25, 0.3) is 22.4 Å². The first-order chi connectivity index (χ1) is 12.3. The number of rotatable bonds is 5. The maximum Gasteiger partial charge on any atom is 0.358 e. The summed E-state index contributed by atoms with van der Waals surface area (Å²) in [6.07, 6.45) is 0. The molecule has 8 nitrogen and oxygen atoms in total. The van der Waals surface area contributed by atoms with Crippen molar-refractivity contribution < 1.29 is 18.3 Å². The summed E-state index contributed by atoms with van der Waals surface area (Å²) in [5.74, 6) is -1.17. The highest BCUT2D eigenvalue weighted by molar-refractivity contribution is 7.89. The highest BCUT2D eigenvalue weighted by Crippen LogP contribution is 2.27. The van der Waals surface area contributed by atoms with Crippen molar-refractivity contribution in [3.05, 3.63) is 54.2 Å². The molecule has 9 heteroatoms. The van der Waals surface area contributed by atoms with Crippen LogP contribution in [0.4, 0.5) is 0 Å². The van der Waals surface area contributed by atoms with E-state index in [-0.39, 0.29) is 16.3 Å². The fourth-order valence-corrected chi connectivity index (χ4v) is 3.40. The number of carbonyl (C=O) groups is 1. The van der Waals surface area contributed by atoms with E-state index in [2.05, 4.69) is 15.4 Å². The molecule has 0 saturated heterocycles. The molecule has 0 bridgehead atoms. The molecule has 0 aliphatic rings. The van der Waals surface area contributed by atoms with Crippen LogP contribution in [0.15, 0.2) is 53.4 Å². The second-order valence-corrected chi connectivity index (χ2v) is 7.87. The lowest BCUT2D eigenvalue weighted by Crippen LogP contribution is -2.22. The molecule has 2 N–H and O–H groups in total. The largest absolute Gasteiger partial charge is 0.476 e. The van der Waals surface area contributed by atoms with E-state index in [0.717, 1.165) is 15.4 Å². The molecule has 134 valence electrons. The van der Waals surface area contributed by atoms with Crippen molar-refractivity contribution in [3.63, 3.8) is 0 Å². The van der Waals surface area contributed by atoms with E-state index in [9.17, 15) is 13.2 Å². The SMILES string of the molecule is CN(C)S(=O)(=O)c1cccc(-c2ccc(-c3n[nH]nc3C(=O)O)cc2)c1. The second-order valence-electron chi connectivity index (χ2n) is 5.72. The van der Waals surface area contributed by atoms with Gasteiger partial charge in [-0.2, -0.15) is 10.3 Å². The number of carboxylic acids is 1. The normalized spacial score (nSPS) is 11.7. The Bertz CT molecular complexity index is 1060. The lowest BCUT2D eigenvalue weighted by Gasteiger charge is -2.12. The third-order valence-corrected chi connectivity index (χ3v) is 5.67. The van der Waals surface area contributed by atoms with Crippen molar-refractivity contribution in [2.24, 2.45) is 0 Å². The van der Waals surface area contributed by atoms with Crippen molar-refractivity contribution >= 4 is 16.0 Å². The lowest BCUT2D eigenvalue weighted by molar-refractivity contribution is 0.0691. The van der Waals surface area contributed by atoms with Crippen molar-refractivity contribution in [2.75, 3.05) is 14.1 Å². The van der Waals surface area contributed by atoms with Gasteiger partial charge in [0.15, 0.2) is 5.69 Å². The number of nitrogens with zero attached hydrogens (tertiary/aromatic N) is 3. The topological polar surface area (TPSA) is 116 Å². The smallest absolute Gasteiger partial charge is 0.358 e. The summed E-state index contributed by atoms with van der Waals surface area (Å²) >= 11 is 0. The van der Waals surface area contributed by atoms with E-state index in [4.69, 9.17) is 5.11 Å². The van der Waals surface area contributed by atoms with E-state index in [1.54, 1.807) is 42.5 Å². The molecule has 0 spiro atoms. The van der Waals surface area contributed by atoms with Gasteiger partial charge < -0.3 is 5.11 Å². The van der Waals surface area contributed by atoms with Gasteiger partial charge in [-0.3, -0.25) is 0 Å². The van der Waals surface area contributed by atoms with Crippen LogP contribution in [-0.4, -0.2) is 53.3 Å². The predicted molar refractivity (Wildman–Crippen MR) is 95.1 cm³/mol. The summed E-state index contributed by atoms with van der Waals surface area (Å²) in [5, 5.41) is 18.9. The molecule has 0 aliphatic carbocycles. The van der Waals surface area contributed by atoms with Gasteiger partial charge in [0, 0.05) is 19.7 Å². The number of aromatic amines is 1. The number of sulfonamides is 1. The minimum atomic E-state index is -3.52. The number of hydrogen-bond acceptors (Lipinski definition) is 5. The maximum atomic E-state index is 12.3. The van der Waals surface area contributed by atoms with Crippen LogP contribution >= 0.6 is 0 Å². The molecule has 3 rings (SSSR count). The minimum absolute atomic E-state index is 0.156. The summed E-state index contributed by atoms with van der Waals surface area (Å²) in [4.78, 5) is 11.4. The van der Waals surface area contributed by atoms with Gasteiger partial charge >= 0.3 is 5.97 Å². The zero-order valence-electron chi connectivity index (χ0n) is 14.0. The van der Waals surface area contributed by atoms with E-state index in [1.165, 1.54) is 14.1 Å². The first kappa shape index (κ1) is 17.8. The number of aromatic carboxylic acids is 1. The number of nitrogens with one attached hydrogen (secondary N) is 1. The molecular weight excluding hydrogens is 356 g/mol. The number of aromatic nitrogens is 3. The first-order valence-electron chi connectivity index (χ1n) is 7.58. The molecule has 0 unspecified atom stereocenters. The Labute approximate surface area is 150 Å². The summed E-state index contributed by atoms with van der Waals surface area (Å²) < 4.78 is 25.7. The van der Waals surface area contributed by atoms with Crippen LogP contribution in [0, 0.1) is 0 Å². The van der Waals surface area contributed by atoms with E-state index in [1.807, 2.05) is 6.07 Å². The first-order valence-corrected chi connectivity index (χ1v) is 9.02. The molecule has 2 aromatic carbocycles. The Balaban J connectivity index is 1.97. The van der Waals surface area contributed by atoms with Gasteiger partial charge in [0.05, 0.1) is 4.90 Å². The molecule has 1 heterocycles. The fourth-order valence-electron chi connectivity index (χ4n) is 2.45. The van der Waals surface area contributed by atoms with Crippen LogP contribution in [0.2, 0.25) is 0 Å². The Morgan fingerprint density at radius 1 is 1.00 bits per heavy atom. The van der Waals surface area contributed by atoms with Crippen molar-refractivity contribution in [2.45, 2.75) is 4.90 Å². The average Bonchev–Trinajstić information content (AvgIpc) is 3.12.